The molecule has 0 aliphatic heterocycles. The van der Waals surface area contributed by atoms with Crippen molar-refractivity contribution in [3.05, 3.63) is 70.1 Å². The van der Waals surface area contributed by atoms with Crippen molar-refractivity contribution in [2.45, 2.75) is 125 Å². The molecule has 2 aromatic carbocycles. The van der Waals surface area contributed by atoms with Crippen LogP contribution >= 0.6 is 0 Å². The van der Waals surface area contributed by atoms with E-state index in [4.69, 9.17) is 23.4 Å². The first kappa shape index (κ1) is 38.5. The molecule has 1 heterocycles. The number of carbonyl (C=O) groups is 1. The highest BCUT2D eigenvalue weighted by molar-refractivity contribution is 5.80. The topological polar surface area (TPSA) is 84.2 Å². The van der Waals surface area contributed by atoms with Gasteiger partial charge in [-0.2, -0.15) is 0 Å². The first-order chi connectivity index (χ1) is 25.9. The number of fused-ring (bicyclic) bond motifs is 6. The molecule has 0 saturated heterocycles. The van der Waals surface area contributed by atoms with Crippen LogP contribution in [-0.4, -0.2) is 25.8 Å². The Balaban J connectivity index is 0.933. The van der Waals surface area contributed by atoms with Crippen molar-refractivity contribution < 1.29 is 28.2 Å². The maximum Gasteiger partial charge on any atom is 0.344 e. The van der Waals surface area contributed by atoms with Gasteiger partial charge in [-0.3, -0.25) is 4.79 Å². The van der Waals surface area contributed by atoms with Crippen molar-refractivity contribution >= 4 is 16.9 Å². The van der Waals surface area contributed by atoms with Gasteiger partial charge in [0, 0.05) is 18.6 Å². The smallest absolute Gasteiger partial charge is 0.344 e. The van der Waals surface area contributed by atoms with E-state index in [0.29, 0.717) is 39.4 Å². The summed E-state index contributed by atoms with van der Waals surface area (Å²) in [6, 6.07) is 12.0. The average molecular weight is 739 g/mol. The summed E-state index contributed by atoms with van der Waals surface area (Å²) in [4.78, 5) is 26.4. The second kappa shape index (κ2) is 15.8. The standard InChI is InChI=1S/C47H62O7/c1-29(2)10-8-11-30(3)32-14-19-40-38-17-15-33-24-37(20-23-47(33,6)41(38)21-22-46(40,5)27-32)53-43(48)28-51-35-16-18-39-42(26-35)52-31(4)45(44(39)49)54-36-13-9-12-34(25-36)50-7/h9,12-13,15-16,18,25-26,29-30,32,37-38,40-41H,8,10-11,14,17,19-24,27-28H2,1-7H3/t30-,32-,37+,38+,40-,41-,46+,47-/m0/s1. The number of rotatable bonds is 12. The van der Waals surface area contributed by atoms with Crippen LogP contribution in [0.25, 0.3) is 11.0 Å². The van der Waals surface area contributed by atoms with Gasteiger partial charge in [0.1, 0.15) is 34.7 Å². The minimum atomic E-state index is -0.374. The van der Waals surface area contributed by atoms with Crippen molar-refractivity contribution in [2.24, 2.45) is 46.3 Å². The number of allylic oxidation sites excluding steroid dienone is 1. The van der Waals surface area contributed by atoms with Crippen molar-refractivity contribution in [1.29, 1.82) is 0 Å². The first-order valence-corrected chi connectivity index (χ1v) is 20.8. The van der Waals surface area contributed by atoms with Crippen LogP contribution in [0.2, 0.25) is 0 Å². The van der Waals surface area contributed by atoms with Gasteiger partial charge in [-0.15, -0.1) is 0 Å². The highest BCUT2D eigenvalue weighted by atomic mass is 16.6. The molecule has 7 rings (SSSR count). The Labute approximate surface area is 322 Å². The number of benzene rings is 2. The van der Waals surface area contributed by atoms with Crippen LogP contribution < -0.4 is 19.6 Å². The summed E-state index contributed by atoms with van der Waals surface area (Å²) in [7, 11) is 1.58. The molecular formula is C47H62O7. The summed E-state index contributed by atoms with van der Waals surface area (Å²) in [5, 5.41) is 0.360. The predicted molar refractivity (Wildman–Crippen MR) is 213 cm³/mol. The van der Waals surface area contributed by atoms with Crippen molar-refractivity contribution in [3.63, 3.8) is 0 Å². The Morgan fingerprint density at radius 2 is 1.76 bits per heavy atom. The maximum absolute atomic E-state index is 13.3. The molecule has 4 aliphatic rings. The van der Waals surface area contributed by atoms with Crippen LogP contribution in [0.5, 0.6) is 23.0 Å². The van der Waals surface area contributed by atoms with E-state index >= 15 is 0 Å². The fraction of sp³-hybridized carbons (Fsp3) is 0.617. The van der Waals surface area contributed by atoms with Crippen LogP contribution in [0.15, 0.2) is 63.3 Å². The summed E-state index contributed by atoms with van der Waals surface area (Å²) in [5.74, 6) is 6.50. The first-order valence-electron chi connectivity index (χ1n) is 20.8. The second-order valence-electron chi connectivity index (χ2n) is 18.2. The Hall–Kier alpha value is -3.74. The van der Waals surface area contributed by atoms with Crippen LogP contribution in [0.3, 0.4) is 0 Å². The molecule has 7 heteroatoms. The summed E-state index contributed by atoms with van der Waals surface area (Å²) in [6.07, 6.45) is 17.5. The van der Waals surface area contributed by atoms with Gasteiger partial charge in [0.2, 0.25) is 11.2 Å². The zero-order valence-electron chi connectivity index (χ0n) is 33.7. The lowest BCUT2D eigenvalue weighted by Crippen LogP contribution is -2.52. The average Bonchev–Trinajstić information content (AvgIpc) is 3.15. The normalized spacial score (nSPS) is 29.7. The van der Waals surface area contributed by atoms with Gasteiger partial charge < -0.3 is 23.4 Å². The molecule has 8 atom stereocenters. The molecule has 54 heavy (non-hydrogen) atoms. The zero-order chi connectivity index (χ0) is 38.2. The van der Waals surface area contributed by atoms with Gasteiger partial charge in [0.15, 0.2) is 6.61 Å². The number of ether oxygens (including phenoxy) is 4. The van der Waals surface area contributed by atoms with E-state index in [1.54, 1.807) is 56.5 Å². The van der Waals surface area contributed by atoms with Gasteiger partial charge >= 0.3 is 5.97 Å². The lowest BCUT2D eigenvalue weighted by Gasteiger charge is -2.61. The van der Waals surface area contributed by atoms with E-state index in [0.717, 1.165) is 54.8 Å². The third-order valence-electron chi connectivity index (χ3n) is 14.3. The number of methoxy groups -OCH3 is 1. The van der Waals surface area contributed by atoms with Gasteiger partial charge in [-0.05, 0) is 129 Å². The Morgan fingerprint density at radius 3 is 2.56 bits per heavy atom. The summed E-state index contributed by atoms with van der Waals surface area (Å²) < 4.78 is 29.0. The van der Waals surface area contributed by atoms with Gasteiger partial charge in [0.25, 0.3) is 0 Å². The molecule has 7 nitrogen and oxygen atoms in total. The minimum Gasteiger partial charge on any atom is -0.497 e. The molecule has 3 fully saturated rings. The number of esters is 1. The molecular weight excluding hydrogens is 677 g/mol. The largest absolute Gasteiger partial charge is 0.497 e. The fourth-order valence-electron chi connectivity index (χ4n) is 11.2. The van der Waals surface area contributed by atoms with Crippen molar-refractivity contribution in [2.75, 3.05) is 13.7 Å². The summed E-state index contributed by atoms with van der Waals surface area (Å²) >= 11 is 0. The zero-order valence-corrected chi connectivity index (χ0v) is 33.7. The van der Waals surface area contributed by atoms with E-state index in [1.165, 1.54) is 63.4 Å². The number of aryl methyl sites for hydroxylation is 1. The number of carbonyl (C=O) groups excluding carboxylic acids is 1. The Kier molecular flexibility index (Phi) is 11.3. The monoisotopic (exact) mass is 738 g/mol. The van der Waals surface area contributed by atoms with Crippen LogP contribution in [-0.2, 0) is 9.53 Å². The second-order valence-corrected chi connectivity index (χ2v) is 18.2. The molecule has 0 spiro atoms. The lowest BCUT2D eigenvalue weighted by molar-refractivity contribution is -0.154. The molecule has 0 radical (unpaired) electrons. The Bertz CT molecular complexity index is 1910. The molecule has 0 unspecified atom stereocenters. The van der Waals surface area contributed by atoms with E-state index < -0.39 is 0 Å². The van der Waals surface area contributed by atoms with E-state index in [2.05, 4.69) is 40.7 Å². The van der Waals surface area contributed by atoms with Crippen LogP contribution in [0.4, 0.5) is 0 Å². The molecule has 1 aromatic heterocycles. The maximum atomic E-state index is 13.3. The van der Waals surface area contributed by atoms with Crippen LogP contribution in [0, 0.1) is 53.3 Å². The number of hydrogen-bond donors (Lipinski definition) is 0. The van der Waals surface area contributed by atoms with E-state index in [1.807, 2.05) is 0 Å². The molecule has 292 valence electrons. The minimum absolute atomic E-state index is 0.113. The predicted octanol–water partition coefficient (Wildman–Crippen LogP) is 11.6. The van der Waals surface area contributed by atoms with Crippen molar-refractivity contribution in [3.8, 4) is 23.0 Å². The van der Waals surface area contributed by atoms with Gasteiger partial charge in [-0.1, -0.05) is 71.6 Å². The van der Waals surface area contributed by atoms with Gasteiger partial charge in [0.05, 0.1) is 12.5 Å². The van der Waals surface area contributed by atoms with E-state index in [9.17, 15) is 9.59 Å². The van der Waals surface area contributed by atoms with Crippen LogP contribution in [0.1, 0.15) is 117 Å². The third-order valence-corrected chi connectivity index (χ3v) is 14.3. The fourth-order valence-corrected chi connectivity index (χ4v) is 11.2. The van der Waals surface area contributed by atoms with E-state index in [-0.39, 0.29) is 35.3 Å². The molecule has 0 bridgehead atoms. The third kappa shape index (κ3) is 7.84. The highest BCUT2D eigenvalue weighted by Gasteiger charge is 2.56. The molecule has 0 amide bonds. The summed E-state index contributed by atoms with van der Waals surface area (Å²) in [6.45, 7) is 13.9. The molecule has 3 saturated carbocycles. The quantitative estimate of drug-likeness (QED) is 0.135. The highest BCUT2D eigenvalue weighted by Crippen LogP contribution is 2.65. The lowest BCUT2D eigenvalue weighted by atomic mass is 9.44. The molecule has 0 N–H and O–H groups in total. The number of hydrogen-bond acceptors (Lipinski definition) is 7. The van der Waals surface area contributed by atoms with Gasteiger partial charge in [-0.25, -0.2) is 4.79 Å². The van der Waals surface area contributed by atoms with Crippen molar-refractivity contribution in [1.82, 2.24) is 0 Å². The summed E-state index contributed by atoms with van der Waals surface area (Å²) in [5.41, 5.74) is 2.27. The molecule has 4 aliphatic carbocycles. The molecule has 3 aromatic rings. The SMILES string of the molecule is COc1cccc(Oc2c(C)oc3cc(OCC(=O)O[C@@H]4CC[C@@]5(C)C(=CC[C@@H]6[C@@H]7CC[C@H]([C@@H](C)CCCC(C)C)C[C@@]7(C)CC[C@@H]65)C4)ccc3c2=O)c1. The Morgan fingerprint density at radius 1 is 0.944 bits per heavy atom.